The van der Waals surface area contributed by atoms with Crippen molar-refractivity contribution < 1.29 is 14.6 Å². The normalized spacial score (nSPS) is 22.3. The van der Waals surface area contributed by atoms with E-state index >= 15 is 0 Å². The molecule has 1 aromatic rings. The highest BCUT2D eigenvalue weighted by molar-refractivity contribution is 5.92. The first-order valence-corrected chi connectivity index (χ1v) is 7.84. The first-order valence-electron chi connectivity index (χ1n) is 7.84. The zero-order valence-corrected chi connectivity index (χ0v) is 12.9. The van der Waals surface area contributed by atoms with Crippen LogP contribution in [0.15, 0.2) is 42.0 Å². The summed E-state index contributed by atoms with van der Waals surface area (Å²) in [5.74, 6) is 5.29. The van der Waals surface area contributed by atoms with Crippen LogP contribution in [0.5, 0.6) is 0 Å². The van der Waals surface area contributed by atoms with E-state index in [-0.39, 0.29) is 24.6 Å². The van der Waals surface area contributed by atoms with Gasteiger partial charge in [0.15, 0.2) is 0 Å². The lowest BCUT2D eigenvalue weighted by molar-refractivity contribution is -0.139. The Balaban J connectivity index is 2.07. The lowest BCUT2D eigenvalue weighted by Crippen LogP contribution is -2.20. The van der Waals surface area contributed by atoms with Gasteiger partial charge in [-0.15, -0.1) is 0 Å². The van der Waals surface area contributed by atoms with E-state index in [2.05, 4.69) is 18.8 Å². The summed E-state index contributed by atoms with van der Waals surface area (Å²) < 4.78 is 5.39. The second-order valence-electron chi connectivity index (χ2n) is 5.46. The molecule has 0 aliphatic carbocycles. The molecule has 1 fully saturated rings. The lowest BCUT2D eigenvalue weighted by Gasteiger charge is -2.14. The predicted octanol–water partition coefficient (Wildman–Crippen LogP) is 3.08. The maximum atomic E-state index is 12.0. The molecule has 22 heavy (non-hydrogen) atoms. The summed E-state index contributed by atoms with van der Waals surface area (Å²) in [6.07, 6.45) is 5.42. The first-order chi connectivity index (χ1) is 10.8. The summed E-state index contributed by atoms with van der Waals surface area (Å²) in [7, 11) is 0. The Morgan fingerprint density at radius 3 is 2.73 bits per heavy atom. The SMILES string of the molecule is CCCCC[C@@H]1OC(=O)/C(=C/C#Cc2ccccc2)[C@H]1CO. The van der Waals surface area contributed by atoms with E-state index < -0.39 is 0 Å². The highest BCUT2D eigenvalue weighted by Crippen LogP contribution is 2.30. The summed E-state index contributed by atoms with van der Waals surface area (Å²) in [5.41, 5.74) is 1.39. The third-order valence-corrected chi connectivity index (χ3v) is 3.85. The van der Waals surface area contributed by atoms with Gasteiger partial charge in [0.2, 0.25) is 0 Å². The quantitative estimate of drug-likeness (QED) is 0.393. The van der Waals surface area contributed by atoms with E-state index in [1.54, 1.807) is 6.08 Å². The van der Waals surface area contributed by atoms with E-state index in [4.69, 9.17) is 4.74 Å². The van der Waals surface area contributed by atoms with Crippen LogP contribution in [0, 0.1) is 17.8 Å². The van der Waals surface area contributed by atoms with Crippen molar-refractivity contribution in [1.82, 2.24) is 0 Å². The number of hydrogen-bond acceptors (Lipinski definition) is 3. The molecule has 0 saturated carbocycles. The van der Waals surface area contributed by atoms with Crippen LogP contribution in [0.25, 0.3) is 0 Å². The number of aliphatic hydroxyl groups excluding tert-OH is 1. The molecule has 1 aliphatic rings. The molecule has 0 unspecified atom stereocenters. The fourth-order valence-corrected chi connectivity index (χ4v) is 2.60. The van der Waals surface area contributed by atoms with E-state index in [1.807, 2.05) is 30.3 Å². The summed E-state index contributed by atoms with van der Waals surface area (Å²) in [6.45, 7) is 2.05. The van der Waals surface area contributed by atoms with Crippen molar-refractivity contribution in [3.05, 3.63) is 47.5 Å². The highest BCUT2D eigenvalue weighted by atomic mass is 16.6. The summed E-state index contributed by atoms with van der Waals surface area (Å²) in [4.78, 5) is 12.0. The van der Waals surface area contributed by atoms with Gasteiger partial charge in [-0.1, -0.05) is 49.8 Å². The number of carbonyl (C=O) groups excluding carboxylic acids is 1. The number of hydrogen-bond donors (Lipinski definition) is 1. The van der Waals surface area contributed by atoms with Crippen molar-refractivity contribution in [2.45, 2.75) is 38.7 Å². The summed E-state index contributed by atoms with van der Waals surface area (Å²) in [6, 6.07) is 9.59. The van der Waals surface area contributed by atoms with Gasteiger partial charge < -0.3 is 9.84 Å². The first kappa shape index (κ1) is 16.3. The summed E-state index contributed by atoms with van der Waals surface area (Å²) in [5, 5.41) is 9.58. The molecule has 0 radical (unpaired) electrons. The number of cyclic esters (lactones) is 1. The van der Waals surface area contributed by atoms with Crippen molar-refractivity contribution in [2.75, 3.05) is 6.61 Å². The number of allylic oxidation sites excluding steroid dienone is 1. The van der Waals surface area contributed by atoms with Crippen molar-refractivity contribution in [2.24, 2.45) is 5.92 Å². The van der Waals surface area contributed by atoms with Crippen LogP contribution in [0.4, 0.5) is 0 Å². The third-order valence-electron chi connectivity index (χ3n) is 3.85. The van der Waals surface area contributed by atoms with Crippen molar-refractivity contribution in [1.29, 1.82) is 0 Å². The molecule has 1 N–H and O–H groups in total. The molecule has 1 aliphatic heterocycles. The molecule has 0 amide bonds. The molecule has 0 aromatic heterocycles. The molecule has 0 bridgehead atoms. The largest absolute Gasteiger partial charge is 0.458 e. The maximum Gasteiger partial charge on any atom is 0.335 e. The second kappa shape index (κ2) is 8.41. The molecule has 1 aromatic carbocycles. The molecular weight excluding hydrogens is 276 g/mol. The standard InChI is InChI=1S/C19H22O3/c1-2-3-5-13-18-17(14-20)16(19(21)22-18)12-8-11-15-9-6-4-7-10-15/h4,6-7,9-10,12,17-18,20H,2-3,5,13-14H2,1H3/b16-12+/t17-,18+/m1/s1. The van der Waals surface area contributed by atoms with Crippen molar-refractivity contribution in [3.63, 3.8) is 0 Å². The monoisotopic (exact) mass is 298 g/mol. The van der Waals surface area contributed by atoms with Gasteiger partial charge in [0.1, 0.15) is 6.10 Å². The summed E-state index contributed by atoms with van der Waals surface area (Å²) >= 11 is 0. The van der Waals surface area contributed by atoms with Crippen molar-refractivity contribution in [3.8, 4) is 11.8 Å². The van der Waals surface area contributed by atoms with Gasteiger partial charge >= 0.3 is 5.97 Å². The highest BCUT2D eigenvalue weighted by Gasteiger charge is 2.38. The zero-order valence-electron chi connectivity index (χ0n) is 12.9. The Bertz CT molecular complexity index is 578. The number of ether oxygens (including phenoxy) is 1. The number of rotatable bonds is 5. The molecule has 3 nitrogen and oxygen atoms in total. The van der Waals surface area contributed by atoms with E-state index in [1.165, 1.54) is 0 Å². The fourth-order valence-electron chi connectivity index (χ4n) is 2.60. The van der Waals surface area contributed by atoms with Gasteiger partial charge in [-0.05, 0) is 31.1 Å². The molecule has 3 heteroatoms. The minimum absolute atomic E-state index is 0.0820. The number of benzene rings is 1. The molecule has 1 heterocycles. The van der Waals surface area contributed by atoms with Crippen LogP contribution in [0.1, 0.15) is 38.2 Å². The van der Waals surface area contributed by atoms with Gasteiger partial charge in [0.25, 0.3) is 0 Å². The molecule has 2 rings (SSSR count). The Morgan fingerprint density at radius 2 is 2.05 bits per heavy atom. The Kier molecular flexibility index (Phi) is 6.24. The van der Waals surface area contributed by atoms with Gasteiger partial charge in [0.05, 0.1) is 18.1 Å². The van der Waals surface area contributed by atoms with Crippen LogP contribution in [0.3, 0.4) is 0 Å². The minimum Gasteiger partial charge on any atom is -0.458 e. The smallest absolute Gasteiger partial charge is 0.335 e. The molecule has 1 saturated heterocycles. The zero-order chi connectivity index (χ0) is 15.8. The number of unbranched alkanes of at least 4 members (excludes halogenated alkanes) is 2. The van der Waals surface area contributed by atoms with Crippen LogP contribution in [-0.4, -0.2) is 23.8 Å². The van der Waals surface area contributed by atoms with E-state index in [9.17, 15) is 9.90 Å². The number of aliphatic hydroxyl groups is 1. The average Bonchev–Trinajstić information content (AvgIpc) is 2.84. The van der Waals surface area contributed by atoms with Gasteiger partial charge in [-0.3, -0.25) is 0 Å². The van der Waals surface area contributed by atoms with Gasteiger partial charge in [0, 0.05) is 5.56 Å². The van der Waals surface area contributed by atoms with E-state index in [0.29, 0.717) is 5.57 Å². The van der Waals surface area contributed by atoms with Crippen molar-refractivity contribution >= 4 is 5.97 Å². The Morgan fingerprint density at radius 1 is 1.27 bits per heavy atom. The van der Waals surface area contributed by atoms with Gasteiger partial charge in [-0.2, -0.15) is 0 Å². The minimum atomic E-state index is -0.345. The van der Waals surface area contributed by atoms with Crippen LogP contribution in [-0.2, 0) is 9.53 Å². The topological polar surface area (TPSA) is 46.5 Å². The number of esters is 1. The molecule has 2 atom stereocenters. The number of carbonyl (C=O) groups is 1. The van der Waals surface area contributed by atoms with Crippen LogP contribution >= 0.6 is 0 Å². The fraction of sp³-hybridized carbons (Fsp3) is 0.421. The third kappa shape index (κ3) is 4.22. The van der Waals surface area contributed by atoms with Crippen LogP contribution < -0.4 is 0 Å². The van der Waals surface area contributed by atoms with Gasteiger partial charge in [-0.25, -0.2) is 4.79 Å². The lowest BCUT2D eigenvalue weighted by atomic mass is 9.93. The maximum absolute atomic E-state index is 12.0. The predicted molar refractivity (Wildman–Crippen MR) is 86.0 cm³/mol. The van der Waals surface area contributed by atoms with Crippen LogP contribution in [0.2, 0.25) is 0 Å². The molecule has 116 valence electrons. The average molecular weight is 298 g/mol. The Labute approximate surface area is 132 Å². The molecular formula is C19H22O3. The molecule has 0 spiro atoms. The van der Waals surface area contributed by atoms with E-state index in [0.717, 1.165) is 31.2 Å². The Hall–Kier alpha value is -2.05. The second-order valence-corrected chi connectivity index (χ2v) is 5.46.